The second-order valence-corrected chi connectivity index (χ2v) is 7.09. The predicted molar refractivity (Wildman–Crippen MR) is 105 cm³/mol. The molecule has 2 atom stereocenters. The Bertz CT molecular complexity index is 878. The summed E-state index contributed by atoms with van der Waals surface area (Å²) in [7, 11) is 1.63. The van der Waals surface area contributed by atoms with Crippen molar-refractivity contribution in [2.75, 3.05) is 20.3 Å². The average Bonchev–Trinajstić information content (AvgIpc) is 3.12. The SMILES string of the molecule is COc1ccc(C(N)=O)cc1C1=CC2(CCCNC2c2ccccc2)OC1. The standard InChI is InChI=1S/C22H24N2O3/c1-26-19-9-8-16(21(23)25)12-18(19)17-13-22(27-14-17)10-5-11-24-20(22)15-6-3-2-4-7-15/h2-4,6-9,12-13,20,24H,5,10-11,14H2,1H3,(H2,23,25). The van der Waals surface area contributed by atoms with Gasteiger partial charge in [0, 0.05) is 11.1 Å². The minimum Gasteiger partial charge on any atom is -0.496 e. The van der Waals surface area contributed by atoms with Crippen LogP contribution >= 0.6 is 0 Å². The summed E-state index contributed by atoms with van der Waals surface area (Å²) in [4.78, 5) is 11.6. The number of carbonyl (C=O) groups excluding carboxylic acids is 1. The molecule has 2 aromatic rings. The molecule has 27 heavy (non-hydrogen) atoms. The molecule has 1 fully saturated rings. The largest absolute Gasteiger partial charge is 0.496 e. The highest BCUT2D eigenvalue weighted by Gasteiger charge is 2.44. The van der Waals surface area contributed by atoms with Gasteiger partial charge in [-0.25, -0.2) is 0 Å². The fraction of sp³-hybridized carbons (Fsp3) is 0.318. The third kappa shape index (κ3) is 3.24. The van der Waals surface area contributed by atoms with Crippen molar-refractivity contribution in [3.05, 3.63) is 71.3 Å². The molecule has 0 radical (unpaired) electrons. The van der Waals surface area contributed by atoms with Crippen molar-refractivity contribution in [2.24, 2.45) is 5.73 Å². The van der Waals surface area contributed by atoms with E-state index in [4.69, 9.17) is 15.2 Å². The number of nitrogens with one attached hydrogen (secondary N) is 1. The number of amides is 1. The number of rotatable bonds is 4. The van der Waals surface area contributed by atoms with E-state index in [-0.39, 0.29) is 6.04 Å². The van der Waals surface area contributed by atoms with Gasteiger partial charge in [0.1, 0.15) is 11.4 Å². The Morgan fingerprint density at radius 2 is 2.07 bits per heavy atom. The number of hydrogen-bond acceptors (Lipinski definition) is 4. The van der Waals surface area contributed by atoms with Crippen LogP contribution in [0.3, 0.4) is 0 Å². The van der Waals surface area contributed by atoms with Crippen LogP contribution in [0.4, 0.5) is 0 Å². The molecular weight excluding hydrogens is 340 g/mol. The van der Waals surface area contributed by atoms with Gasteiger partial charge in [-0.3, -0.25) is 4.79 Å². The summed E-state index contributed by atoms with van der Waals surface area (Å²) < 4.78 is 11.9. The molecule has 1 amide bonds. The summed E-state index contributed by atoms with van der Waals surface area (Å²) in [5.74, 6) is 0.265. The molecule has 2 aromatic carbocycles. The lowest BCUT2D eigenvalue weighted by molar-refractivity contribution is -0.0255. The number of ether oxygens (including phenoxy) is 2. The van der Waals surface area contributed by atoms with Gasteiger partial charge in [0.05, 0.1) is 19.8 Å². The Labute approximate surface area is 159 Å². The van der Waals surface area contributed by atoms with Gasteiger partial charge in [0.25, 0.3) is 0 Å². The lowest BCUT2D eigenvalue weighted by atomic mass is 9.81. The van der Waals surface area contributed by atoms with E-state index in [1.54, 1.807) is 25.3 Å². The normalized spacial score (nSPS) is 24.6. The van der Waals surface area contributed by atoms with Gasteiger partial charge < -0.3 is 20.5 Å². The van der Waals surface area contributed by atoms with Gasteiger partial charge in [0.15, 0.2) is 0 Å². The van der Waals surface area contributed by atoms with Crippen LogP contribution in [-0.2, 0) is 4.74 Å². The van der Waals surface area contributed by atoms with Gasteiger partial charge >= 0.3 is 0 Å². The summed E-state index contributed by atoms with van der Waals surface area (Å²) in [5, 5.41) is 3.62. The smallest absolute Gasteiger partial charge is 0.248 e. The van der Waals surface area contributed by atoms with Crippen LogP contribution in [0, 0.1) is 0 Å². The molecule has 5 heteroatoms. The molecule has 1 spiro atoms. The molecule has 2 heterocycles. The van der Waals surface area contributed by atoms with E-state index < -0.39 is 11.5 Å². The second kappa shape index (κ2) is 7.18. The van der Waals surface area contributed by atoms with E-state index in [1.165, 1.54) is 5.56 Å². The van der Waals surface area contributed by atoms with E-state index >= 15 is 0 Å². The summed E-state index contributed by atoms with van der Waals surface area (Å²) in [6.07, 6.45) is 4.20. The van der Waals surface area contributed by atoms with Crippen molar-refractivity contribution < 1.29 is 14.3 Å². The molecule has 3 N–H and O–H groups in total. The Morgan fingerprint density at radius 1 is 1.26 bits per heavy atom. The minimum atomic E-state index is -0.449. The lowest BCUT2D eigenvalue weighted by Gasteiger charge is -2.40. The first-order valence-corrected chi connectivity index (χ1v) is 9.25. The lowest BCUT2D eigenvalue weighted by Crippen LogP contribution is -2.47. The van der Waals surface area contributed by atoms with Crippen molar-refractivity contribution >= 4 is 11.5 Å². The first-order chi connectivity index (χ1) is 13.1. The number of piperidine rings is 1. The monoisotopic (exact) mass is 364 g/mol. The topological polar surface area (TPSA) is 73.6 Å². The number of primary amides is 1. The van der Waals surface area contributed by atoms with Gasteiger partial charge in [-0.05, 0) is 54.8 Å². The van der Waals surface area contributed by atoms with Crippen molar-refractivity contribution in [3.63, 3.8) is 0 Å². The zero-order chi connectivity index (χ0) is 18.9. The number of methoxy groups -OCH3 is 1. The Hall–Kier alpha value is -2.63. The zero-order valence-corrected chi connectivity index (χ0v) is 15.4. The molecule has 0 aliphatic carbocycles. The number of nitrogens with two attached hydrogens (primary N) is 1. The zero-order valence-electron chi connectivity index (χ0n) is 15.4. The van der Waals surface area contributed by atoms with Crippen LogP contribution in [0.15, 0.2) is 54.6 Å². The molecule has 0 bridgehead atoms. The summed E-state index contributed by atoms with van der Waals surface area (Å²) in [5.41, 5.74) is 8.64. The van der Waals surface area contributed by atoms with Gasteiger partial charge in [0.2, 0.25) is 5.91 Å². The Kier molecular flexibility index (Phi) is 4.72. The van der Waals surface area contributed by atoms with Crippen LogP contribution in [0.2, 0.25) is 0 Å². The minimum absolute atomic E-state index is 0.0928. The highest BCUT2D eigenvalue weighted by atomic mass is 16.5. The van der Waals surface area contributed by atoms with E-state index in [0.717, 1.165) is 30.5 Å². The fourth-order valence-electron chi connectivity index (χ4n) is 4.14. The first kappa shape index (κ1) is 17.8. The summed E-state index contributed by atoms with van der Waals surface area (Å²) in [6.45, 7) is 1.44. The molecule has 140 valence electrons. The van der Waals surface area contributed by atoms with Crippen LogP contribution in [-0.4, -0.2) is 31.8 Å². The summed E-state index contributed by atoms with van der Waals surface area (Å²) in [6, 6.07) is 15.8. The first-order valence-electron chi connectivity index (χ1n) is 9.25. The quantitative estimate of drug-likeness (QED) is 0.874. The van der Waals surface area contributed by atoms with Gasteiger partial charge in [-0.1, -0.05) is 30.3 Å². The molecule has 5 nitrogen and oxygen atoms in total. The molecule has 2 aliphatic rings. The third-order valence-electron chi connectivity index (χ3n) is 5.46. The molecule has 0 saturated carbocycles. The van der Waals surface area contributed by atoms with E-state index in [0.29, 0.717) is 17.9 Å². The fourth-order valence-corrected chi connectivity index (χ4v) is 4.14. The maximum Gasteiger partial charge on any atom is 0.248 e. The summed E-state index contributed by atoms with van der Waals surface area (Å²) >= 11 is 0. The molecule has 2 unspecified atom stereocenters. The predicted octanol–water partition coefficient (Wildman–Crippen LogP) is 3.07. The van der Waals surface area contributed by atoms with Gasteiger partial charge in [-0.2, -0.15) is 0 Å². The number of benzene rings is 2. The number of hydrogen-bond donors (Lipinski definition) is 2. The van der Waals surface area contributed by atoms with Crippen molar-refractivity contribution in [1.82, 2.24) is 5.32 Å². The molecule has 1 saturated heterocycles. The van der Waals surface area contributed by atoms with Gasteiger partial charge in [-0.15, -0.1) is 0 Å². The average molecular weight is 364 g/mol. The van der Waals surface area contributed by atoms with E-state index in [1.807, 2.05) is 6.07 Å². The second-order valence-electron chi connectivity index (χ2n) is 7.09. The van der Waals surface area contributed by atoms with Crippen LogP contribution in [0.1, 0.15) is 40.4 Å². The van der Waals surface area contributed by atoms with E-state index in [2.05, 4.69) is 35.7 Å². The third-order valence-corrected chi connectivity index (χ3v) is 5.46. The van der Waals surface area contributed by atoms with Crippen molar-refractivity contribution in [2.45, 2.75) is 24.5 Å². The van der Waals surface area contributed by atoms with Crippen LogP contribution < -0.4 is 15.8 Å². The molecule has 2 aliphatic heterocycles. The maximum atomic E-state index is 11.6. The highest BCUT2D eigenvalue weighted by Crippen LogP contribution is 2.45. The van der Waals surface area contributed by atoms with Crippen molar-refractivity contribution in [1.29, 1.82) is 0 Å². The molecule has 4 rings (SSSR count). The maximum absolute atomic E-state index is 11.6. The van der Waals surface area contributed by atoms with E-state index in [9.17, 15) is 4.79 Å². The number of carbonyl (C=O) groups is 1. The highest BCUT2D eigenvalue weighted by molar-refractivity contribution is 5.94. The van der Waals surface area contributed by atoms with Crippen molar-refractivity contribution in [3.8, 4) is 5.75 Å². The van der Waals surface area contributed by atoms with Crippen LogP contribution in [0.25, 0.3) is 5.57 Å². The molecular formula is C22H24N2O3. The Morgan fingerprint density at radius 3 is 2.81 bits per heavy atom. The van der Waals surface area contributed by atoms with Crippen LogP contribution in [0.5, 0.6) is 5.75 Å². The Balaban J connectivity index is 1.75. The molecule has 0 aromatic heterocycles.